The van der Waals surface area contributed by atoms with Crippen molar-refractivity contribution in [3.63, 3.8) is 0 Å². The number of nitrogens with zero attached hydrogens (tertiary/aromatic N) is 1. The van der Waals surface area contributed by atoms with Crippen molar-refractivity contribution in [2.45, 2.75) is 85.6 Å². The fourth-order valence-electron chi connectivity index (χ4n) is 7.60. The highest BCUT2D eigenvalue weighted by Gasteiger charge is 2.52. The van der Waals surface area contributed by atoms with E-state index in [1.165, 1.54) is 65.2 Å². The lowest BCUT2D eigenvalue weighted by Crippen LogP contribution is -2.46. The molecule has 15 nitrogen and oxygen atoms in total. The van der Waals surface area contributed by atoms with E-state index in [0.717, 1.165) is 6.26 Å². The Morgan fingerprint density at radius 1 is 0.917 bits per heavy atom. The standard InChI is InChI=1S/C44H49BrN2O13/c1-19-11-10-12-20(2)42(55)47-33-32(43(56)46-27-15-13-26(45)14-16-27)37(52)29-30(38(33)53)36(51)24(6)40-31(29)41(54)44(8,60-40)58-18-17-28(57-9)21(3)39(59-25(7)48)23(5)35(50)22(4)34(19)49/h10-19,21-23,28,34-35,39,49-52H,1-9H3,(H,46,56)/b11-10+,18-17+,20-12-,47-33?. The number of phenols is 1. The summed E-state index contributed by atoms with van der Waals surface area (Å²) < 4.78 is 24.1. The number of hydrogen-bond donors (Lipinski definition) is 5. The molecule has 3 heterocycles. The maximum absolute atomic E-state index is 14.4. The zero-order valence-electron chi connectivity index (χ0n) is 34.6. The summed E-state index contributed by atoms with van der Waals surface area (Å²) in [4.78, 5) is 72.9. The van der Waals surface area contributed by atoms with Gasteiger partial charge in [-0.1, -0.05) is 61.9 Å². The molecule has 0 spiro atoms. The van der Waals surface area contributed by atoms with E-state index < -0.39 is 117 Å². The molecule has 320 valence electrons. The van der Waals surface area contributed by atoms with Gasteiger partial charge in [0.25, 0.3) is 17.6 Å². The van der Waals surface area contributed by atoms with Crippen LogP contribution < -0.4 is 10.1 Å². The Kier molecular flexibility index (Phi) is 13.7. The summed E-state index contributed by atoms with van der Waals surface area (Å²) in [6.07, 6.45) is 2.94. The number of methoxy groups -OCH3 is 1. The van der Waals surface area contributed by atoms with Crippen LogP contribution >= 0.6 is 15.9 Å². The summed E-state index contributed by atoms with van der Waals surface area (Å²) in [5.74, 6) is -11.4. The van der Waals surface area contributed by atoms with E-state index in [4.69, 9.17) is 18.9 Å². The SMILES string of the molecule is COC1/C=C/OC2(C)Oc3c(C)c(O)c4c(c3C2=O)C(O)=C(C(=O)Nc2ccc(Br)cc2)C(=NC(=O)/C(C)=C\C=C\C(C)C(O)C(C)C(O)C(C)C(OC(C)=O)C1C)C4=O. The van der Waals surface area contributed by atoms with Crippen LogP contribution in [-0.2, 0) is 28.6 Å². The number of aliphatic hydroxyl groups excluding tert-OH is 3. The lowest BCUT2D eigenvalue weighted by molar-refractivity contribution is -0.160. The van der Waals surface area contributed by atoms with Gasteiger partial charge in [-0.3, -0.25) is 24.0 Å². The van der Waals surface area contributed by atoms with Crippen LogP contribution in [0.3, 0.4) is 0 Å². The van der Waals surface area contributed by atoms with Crippen LogP contribution in [0, 0.1) is 30.6 Å². The maximum Gasteiger partial charge on any atom is 0.312 e. The van der Waals surface area contributed by atoms with Gasteiger partial charge in [-0.05, 0) is 44.2 Å². The third-order valence-corrected chi connectivity index (χ3v) is 11.8. The summed E-state index contributed by atoms with van der Waals surface area (Å²) in [6.45, 7) is 12.0. The lowest BCUT2D eigenvalue weighted by Gasteiger charge is -2.38. The number of aliphatic hydroxyl groups is 3. The van der Waals surface area contributed by atoms with E-state index in [-0.39, 0.29) is 28.1 Å². The second-order valence-corrected chi connectivity index (χ2v) is 16.4. The Bertz CT molecular complexity index is 2260. The number of esters is 1. The molecule has 6 rings (SSSR count). The van der Waals surface area contributed by atoms with Crippen LogP contribution in [0.1, 0.15) is 80.3 Å². The lowest BCUT2D eigenvalue weighted by atomic mass is 9.78. The zero-order valence-corrected chi connectivity index (χ0v) is 36.2. The number of carbonyl (C=O) groups excluding carboxylic acids is 5. The molecule has 0 radical (unpaired) electrons. The van der Waals surface area contributed by atoms with E-state index in [2.05, 4.69) is 26.2 Å². The van der Waals surface area contributed by atoms with Crippen molar-refractivity contribution in [3.05, 3.63) is 92.7 Å². The maximum atomic E-state index is 14.4. The molecule has 5 bridgehead atoms. The van der Waals surface area contributed by atoms with Crippen LogP contribution in [-0.4, -0.2) is 92.8 Å². The topological polar surface area (TPSA) is 228 Å². The number of phenolic OH excluding ortho intramolecular Hbond substituents is 1. The number of anilines is 1. The largest absolute Gasteiger partial charge is 0.507 e. The number of aromatic hydroxyl groups is 1. The van der Waals surface area contributed by atoms with E-state index in [1.54, 1.807) is 45.9 Å². The quantitative estimate of drug-likeness (QED) is 0.220. The first-order valence-corrected chi connectivity index (χ1v) is 20.0. The zero-order chi connectivity index (χ0) is 44.5. The second kappa shape index (κ2) is 18.1. The number of carbonyl (C=O) groups is 5. The fraction of sp³-hybridized carbons (Fsp3) is 0.409. The van der Waals surface area contributed by atoms with Crippen molar-refractivity contribution >= 4 is 62.4 Å². The Hall–Kier alpha value is -5.42. The first-order chi connectivity index (χ1) is 28.1. The van der Waals surface area contributed by atoms with E-state index in [9.17, 15) is 44.4 Å². The van der Waals surface area contributed by atoms with Crippen molar-refractivity contribution in [1.82, 2.24) is 0 Å². The number of hydrogen-bond acceptors (Lipinski definition) is 13. The van der Waals surface area contributed by atoms with Gasteiger partial charge in [-0.15, -0.1) is 0 Å². The van der Waals surface area contributed by atoms with Crippen molar-refractivity contribution in [2.75, 3.05) is 12.4 Å². The number of ketones is 2. The molecule has 0 fully saturated rings. The summed E-state index contributed by atoms with van der Waals surface area (Å²) in [5, 5.41) is 48.9. The van der Waals surface area contributed by atoms with Crippen LogP contribution in [0.4, 0.5) is 5.69 Å². The number of halogens is 1. The van der Waals surface area contributed by atoms with Crippen molar-refractivity contribution < 1.29 is 63.3 Å². The predicted molar refractivity (Wildman–Crippen MR) is 223 cm³/mol. The van der Waals surface area contributed by atoms with E-state index in [0.29, 0.717) is 4.47 Å². The summed E-state index contributed by atoms with van der Waals surface area (Å²) in [7, 11) is 1.40. The number of benzene rings is 2. The average molecular weight is 894 g/mol. The highest BCUT2D eigenvalue weighted by molar-refractivity contribution is 9.10. The Morgan fingerprint density at radius 3 is 2.18 bits per heavy atom. The van der Waals surface area contributed by atoms with Crippen LogP contribution in [0.15, 0.2) is 75.4 Å². The van der Waals surface area contributed by atoms with Gasteiger partial charge in [0.2, 0.25) is 5.78 Å². The van der Waals surface area contributed by atoms with Gasteiger partial charge in [0.05, 0.1) is 35.7 Å². The van der Waals surface area contributed by atoms with Gasteiger partial charge in [0.15, 0.2) is 0 Å². The Balaban J connectivity index is 1.72. The normalized spacial score (nSPS) is 30.7. The smallest absolute Gasteiger partial charge is 0.312 e. The Morgan fingerprint density at radius 2 is 1.57 bits per heavy atom. The number of Topliss-reactive ketones (excluding diaryl/α,β-unsaturated/α-hetero) is 2. The van der Waals surface area contributed by atoms with Gasteiger partial charge in [-0.2, -0.15) is 0 Å². The van der Waals surface area contributed by atoms with Gasteiger partial charge in [0.1, 0.15) is 34.6 Å². The molecule has 9 unspecified atom stereocenters. The second-order valence-electron chi connectivity index (χ2n) is 15.5. The van der Waals surface area contributed by atoms with Gasteiger partial charge >= 0.3 is 11.8 Å². The number of ether oxygens (including phenoxy) is 4. The van der Waals surface area contributed by atoms with Crippen molar-refractivity contribution in [2.24, 2.45) is 28.7 Å². The highest BCUT2D eigenvalue weighted by Crippen LogP contribution is 2.50. The van der Waals surface area contributed by atoms with Gasteiger partial charge < -0.3 is 44.7 Å². The van der Waals surface area contributed by atoms with Crippen LogP contribution in [0.5, 0.6) is 11.5 Å². The Labute approximate surface area is 355 Å². The van der Waals surface area contributed by atoms with Gasteiger partial charge in [-0.25, -0.2) is 4.99 Å². The molecule has 3 aliphatic heterocycles. The summed E-state index contributed by atoms with van der Waals surface area (Å²) >= 11 is 3.32. The molecule has 0 saturated heterocycles. The van der Waals surface area contributed by atoms with Crippen molar-refractivity contribution in [3.8, 4) is 11.5 Å². The molecule has 5 N–H and O–H groups in total. The summed E-state index contributed by atoms with van der Waals surface area (Å²) in [6, 6.07) is 6.34. The minimum atomic E-state index is -2.16. The molecule has 1 aliphatic carbocycles. The number of fused-ring (bicyclic) bond motifs is 13. The van der Waals surface area contributed by atoms with E-state index >= 15 is 0 Å². The van der Waals surface area contributed by atoms with E-state index in [1.807, 2.05) is 0 Å². The fourth-order valence-corrected chi connectivity index (χ4v) is 7.86. The van der Waals surface area contributed by atoms with Crippen LogP contribution in [0.25, 0.3) is 5.76 Å². The first kappa shape index (κ1) is 45.7. The average Bonchev–Trinajstić information content (AvgIpc) is 3.47. The highest BCUT2D eigenvalue weighted by atomic mass is 79.9. The molecule has 2 aromatic rings. The molecule has 2 aromatic carbocycles. The molecular formula is C44H49BrN2O13. The van der Waals surface area contributed by atoms with Gasteiger partial charge in [0, 0.05) is 71.5 Å². The number of allylic oxidation sites excluding steroid dienone is 2. The third-order valence-electron chi connectivity index (χ3n) is 11.2. The minimum absolute atomic E-state index is 0.0211. The number of nitrogens with one attached hydrogen (secondary N) is 1. The number of aliphatic imine (C=N–C) groups is 1. The molecule has 0 aromatic heterocycles. The molecule has 2 amide bonds. The summed E-state index contributed by atoms with van der Waals surface area (Å²) in [5.41, 5.74) is -2.93. The minimum Gasteiger partial charge on any atom is -0.507 e. The number of rotatable bonds is 4. The molecular weight excluding hydrogens is 844 g/mol. The molecule has 9 atom stereocenters. The third kappa shape index (κ3) is 8.73. The van der Waals surface area contributed by atoms with Crippen molar-refractivity contribution in [1.29, 1.82) is 0 Å². The predicted octanol–water partition coefficient (Wildman–Crippen LogP) is 6.09. The number of amides is 2. The molecule has 4 aliphatic rings. The first-order valence-electron chi connectivity index (χ1n) is 19.2. The molecule has 60 heavy (non-hydrogen) atoms. The molecule has 0 saturated carbocycles. The monoisotopic (exact) mass is 892 g/mol. The molecule has 16 heteroatoms. The van der Waals surface area contributed by atoms with Crippen LogP contribution in [0.2, 0.25) is 0 Å².